The predicted octanol–water partition coefficient (Wildman–Crippen LogP) is 4.03. The summed E-state index contributed by atoms with van der Waals surface area (Å²) < 4.78 is 0. The zero-order chi connectivity index (χ0) is 18.1. The van der Waals surface area contributed by atoms with E-state index >= 15 is 0 Å². The number of nitrogens with two attached hydrogens (primary N) is 1. The minimum Gasteiger partial charge on any atom is -0.386 e. The first-order valence-corrected chi connectivity index (χ1v) is 9.56. The number of anilines is 1. The number of amides is 1. The zero-order valence-corrected chi connectivity index (χ0v) is 15.0. The third kappa shape index (κ3) is 3.18. The molecular formula is C19H21N3O2S. The SMILES string of the molecule is CC(C)(O)c1ccc(NC2=CC=CS2(C(N)=O)c2ccccc2)nc1. The van der Waals surface area contributed by atoms with Crippen molar-refractivity contribution in [1.82, 2.24) is 4.98 Å². The van der Waals surface area contributed by atoms with E-state index in [0.717, 1.165) is 9.92 Å². The number of rotatable bonds is 4. The first kappa shape index (κ1) is 17.3. The van der Waals surface area contributed by atoms with Gasteiger partial charge in [-0.2, -0.15) is 0 Å². The number of carbonyl (C=O) groups excluding carboxylic acids is 1. The molecule has 1 aliphatic heterocycles. The van der Waals surface area contributed by atoms with Gasteiger partial charge in [-0.15, -0.1) is 0 Å². The van der Waals surface area contributed by atoms with E-state index in [4.69, 9.17) is 5.73 Å². The Morgan fingerprint density at radius 2 is 1.92 bits per heavy atom. The Labute approximate surface area is 148 Å². The van der Waals surface area contributed by atoms with Crippen LogP contribution in [0.1, 0.15) is 19.4 Å². The normalized spacial score (nSPS) is 22.1. The van der Waals surface area contributed by atoms with Crippen molar-refractivity contribution in [2.45, 2.75) is 24.3 Å². The lowest BCUT2D eigenvalue weighted by atomic mass is 10.0. The molecule has 0 bridgehead atoms. The van der Waals surface area contributed by atoms with Gasteiger partial charge < -0.3 is 16.2 Å². The highest BCUT2D eigenvalue weighted by Gasteiger charge is 2.37. The van der Waals surface area contributed by atoms with Crippen molar-refractivity contribution in [1.29, 1.82) is 0 Å². The summed E-state index contributed by atoms with van der Waals surface area (Å²) in [5, 5.41) is 15.5. The second-order valence-corrected chi connectivity index (χ2v) is 9.17. The standard InChI is InChI=1S/C19H21N3O2S/c1-19(2,24)14-10-11-16(21-13-14)22-17-9-6-12-25(17,18(20)23)15-7-4-3-5-8-15/h3-13,24H,1-2H3,(H2,20,23)(H,21,22). The Morgan fingerprint density at radius 3 is 2.48 bits per heavy atom. The highest BCUT2D eigenvalue weighted by atomic mass is 32.3. The van der Waals surface area contributed by atoms with Crippen LogP contribution < -0.4 is 11.1 Å². The number of benzene rings is 1. The molecule has 5 nitrogen and oxygen atoms in total. The molecule has 1 aromatic heterocycles. The maximum absolute atomic E-state index is 12.4. The molecule has 1 unspecified atom stereocenters. The average molecular weight is 355 g/mol. The molecule has 1 aliphatic rings. The number of allylic oxidation sites excluding steroid dienone is 2. The van der Waals surface area contributed by atoms with E-state index in [9.17, 15) is 9.90 Å². The van der Waals surface area contributed by atoms with E-state index in [1.165, 1.54) is 0 Å². The molecule has 0 aliphatic carbocycles. The van der Waals surface area contributed by atoms with E-state index in [-0.39, 0.29) is 5.24 Å². The number of aliphatic hydroxyl groups is 1. The summed E-state index contributed by atoms with van der Waals surface area (Å²) in [6.45, 7) is 3.41. The molecule has 1 atom stereocenters. The molecule has 0 radical (unpaired) electrons. The summed E-state index contributed by atoms with van der Waals surface area (Å²) in [5.41, 5.74) is 5.57. The molecule has 130 valence electrons. The second kappa shape index (κ2) is 6.38. The molecule has 6 heteroatoms. The Hall–Kier alpha value is -2.57. The van der Waals surface area contributed by atoms with Gasteiger partial charge >= 0.3 is 0 Å². The number of hydrogen-bond acceptors (Lipinski definition) is 4. The summed E-state index contributed by atoms with van der Waals surface area (Å²) in [6, 6.07) is 13.1. The second-order valence-electron chi connectivity index (χ2n) is 6.27. The van der Waals surface area contributed by atoms with Gasteiger partial charge in [-0.05, 0) is 43.5 Å². The lowest BCUT2D eigenvalue weighted by molar-refractivity contribution is 0.0782. The fraction of sp³-hybridized carbons (Fsp3) is 0.158. The van der Waals surface area contributed by atoms with Gasteiger partial charge in [-0.25, -0.2) is 4.98 Å². The summed E-state index contributed by atoms with van der Waals surface area (Å²) in [4.78, 5) is 17.6. The van der Waals surface area contributed by atoms with Crippen LogP contribution >= 0.6 is 10.0 Å². The van der Waals surface area contributed by atoms with Crippen LogP contribution in [0.4, 0.5) is 10.6 Å². The van der Waals surface area contributed by atoms with Gasteiger partial charge in [-0.3, -0.25) is 4.79 Å². The van der Waals surface area contributed by atoms with Gasteiger partial charge in [0.1, 0.15) is 5.82 Å². The van der Waals surface area contributed by atoms with Crippen molar-refractivity contribution >= 4 is 21.1 Å². The first-order chi connectivity index (χ1) is 11.8. The van der Waals surface area contributed by atoms with Crippen LogP contribution in [0.25, 0.3) is 0 Å². The monoisotopic (exact) mass is 355 g/mol. The number of carbonyl (C=O) groups is 1. The predicted molar refractivity (Wildman–Crippen MR) is 102 cm³/mol. The van der Waals surface area contributed by atoms with E-state index in [0.29, 0.717) is 11.4 Å². The number of nitrogens with one attached hydrogen (secondary N) is 1. The molecule has 0 saturated carbocycles. The molecule has 1 aromatic carbocycles. The summed E-state index contributed by atoms with van der Waals surface area (Å²) in [5.74, 6) is 0.594. The van der Waals surface area contributed by atoms with Crippen molar-refractivity contribution in [3.63, 3.8) is 0 Å². The molecule has 0 saturated heterocycles. The molecule has 2 aromatic rings. The van der Waals surface area contributed by atoms with Crippen molar-refractivity contribution < 1.29 is 9.90 Å². The molecule has 2 heterocycles. The number of nitrogens with zero attached hydrogens (tertiary/aromatic N) is 1. The summed E-state index contributed by atoms with van der Waals surface area (Å²) in [6.07, 6.45) is 5.33. The van der Waals surface area contributed by atoms with Crippen LogP contribution in [0.2, 0.25) is 0 Å². The van der Waals surface area contributed by atoms with E-state index in [1.807, 2.05) is 54.0 Å². The summed E-state index contributed by atoms with van der Waals surface area (Å²) >= 11 is 0. The molecule has 3 rings (SSSR count). The lowest BCUT2D eigenvalue weighted by Crippen LogP contribution is -2.22. The van der Waals surface area contributed by atoms with E-state index in [1.54, 1.807) is 26.1 Å². The number of primary amides is 1. The van der Waals surface area contributed by atoms with Gasteiger partial charge in [0, 0.05) is 16.7 Å². The van der Waals surface area contributed by atoms with Gasteiger partial charge in [0.05, 0.1) is 10.6 Å². The van der Waals surface area contributed by atoms with Gasteiger partial charge in [0.15, 0.2) is 0 Å². The van der Waals surface area contributed by atoms with Gasteiger partial charge in [0.25, 0.3) is 5.24 Å². The van der Waals surface area contributed by atoms with Crippen LogP contribution in [0.5, 0.6) is 0 Å². The third-order valence-electron chi connectivity index (χ3n) is 4.03. The lowest BCUT2D eigenvalue weighted by Gasteiger charge is -2.33. The van der Waals surface area contributed by atoms with E-state index < -0.39 is 15.6 Å². The van der Waals surface area contributed by atoms with Gasteiger partial charge in [0.2, 0.25) is 0 Å². The fourth-order valence-corrected chi connectivity index (χ4v) is 5.24. The highest BCUT2D eigenvalue weighted by Crippen LogP contribution is 2.65. The average Bonchev–Trinajstić information content (AvgIpc) is 3.00. The topological polar surface area (TPSA) is 88.2 Å². The Kier molecular flexibility index (Phi) is 4.41. The number of hydrogen-bond donors (Lipinski definition) is 3. The maximum atomic E-state index is 12.4. The van der Waals surface area contributed by atoms with Crippen LogP contribution in [-0.4, -0.2) is 15.3 Å². The minimum atomic E-state index is -2.12. The largest absolute Gasteiger partial charge is 0.386 e. The molecular weight excluding hydrogens is 334 g/mol. The first-order valence-electron chi connectivity index (χ1n) is 7.86. The smallest absolute Gasteiger partial charge is 0.272 e. The summed E-state index contributed by atoms with van der Waals surface area (Å²) in [7, 11) is -2.12. The van der Waals surface area contributed by atoms with Crippen molar-refractivity contribution in [3.05, 3.63) is 76.8 Å². The quantitative estimate of drug-likeness (QED) is 0.772. The molecule has 4 N–H and O–H groups in total. The maximum Gasteiger partial charge on any atom is 0.272 e. The molecule has 1 amide bonds. The van der Waals surface area contributed by atoms with Crippen LogP contribution in [-0.2, 0) is 5.60 Å². The minimum absolute atomic E-state index is 0.376. The molecule has 25 heavy (non-hydrogen) atoms. The van der Waals surface area contributed by atoms with E-state index in [2.05, 4.69) is 10.3 Å². The number of pyridine rings is 1. The molecule has 0 fully saturated rings. The van der Waals surface area contributed by atoms with Crippen LogP contribution in [0.15, 0.2) is 76.1 Å². The van der Waals surface area contributed by atoms with Crippen molar-refractivity contribution in [2.75, 3.05) is 5.32 Å². The molecule has 0 spiro atoms. The highest BCUT2D eigenvalue weighted by molar-refractivity contribution is 8.50. The Balaban J connectivity index is 1.93. The van der Waals surface area contributed by atoms with Crippen LogP contribution in [0, 0.1) is 0 Å². The Bertz CT molecular complexity index is 839. The zero-order valence-electron chi connectivity index (χ0n) is 14.1. The third-order valence-corrected chi connectivity index (χ3v) is 7.18. The van der Waals surface area contributed by atoms with Crippen molar-refractivity contribution in [2.24, 2.45) is 5.73 Å². The van der Waals surface area contributed by atoms with Crippen molar-refractivity contribution in [3.8, 4) is 0 Å². The van der Waals surface area contributed by atoms with Crippen LogP contribution in [0.3, 0.4) is 0 Å². The van der Waals surface area contributed by atoms with Gasteiger partial charge in [-0.1, -0.05) is 40.4 Å². The fourth-order valence-electron chi connectivity index (χ4n) is 2.64. The number of aromatic nitrogens is 1. The Morgan fingerprint density at radius 1 is 1.20 bits per heavy atom.